The van der Waals surface area contributed by atoms with Gasteiger partial charge in [-0.05, 0) is 36.2 Å². The van der Waals surface area contributed by atoms with Crippen molar-refractivity contribution in [3.05, 3.63) is 65.7 Å². The van der Waals surface area contributed by atoms with E-state index >= 15 is 0 Å². The second kappa shape index (κ2) is 5.55. The molecule has 0 aliphatic rings. The molecule has 2 rings (SSSR count). The molecule has 0 amide bonds. The first-order chi connectivity index (χ1) is 8.29. The Morgan fingerprint density at radius 3 is 2.47 bits per heavy atom. The number of halogens is 1. The van der Waals surface area contributed by atoms with E-state index in [0.717, 1.165) is 17.7 Å². The Balaban J connectivity index is 2.13. The van der Waals surface area contributed by atoms with Crippen molar-refractivity contribution in [2.45, 2.75) is 12.3 Å². The molecule has 17 heavy (non-hydrogen) atoms. The Hall–Kier alpha value is -1.74. The Morgan fingerprint density at radius 1 is 1.12 bits per heavy atom. The molecule has 0 saturated carbocycles. The molecule has 1 aromatic heterocycles. The highest BCUT2D eigenvalue weighted by Gasteiger charge is 2.11. The molecule has 0 radical (unpaired) electrons. The first kappa shape index (κ1) is 11.7. The standard InChI is InChI=1S/C14H15FN2/c15-13-6-4-11(5-7-13)9-12(10-16)14-3-1-2-8-17-14/h1-8,12H,9-10,16H2/t12-/m1/s1. The highest BCUT2D eigenvalue weighted by atomic mass is 19.1. The van der Waals surface area contributed by atoms with Crippen LogP contribution in [0, 0.1) is 5.82 Å². The van der Waals surface area contributed by atoms with Gasteiger partial charge in [-0.15, -0.1) is 0 Å². The fraction of sp³-hybridized carbons (Fsp3) is 0.214. The van der Waals surface area contributed by atoms with Gasteiger partial charge in [0.05, 0.1) is 0 Å². The van der Waals surface area contributed by atoms with Gasteiger partial charge < -0.3 is 5.73 Å². The highest BCUT2D eigenvalue weighted by Crippen LogP contribution is 2.18. The largest absolute Gasteiger partial charge is 0.330 e. The lowest BCUT2D eigenvalue weighted by molar-refractivity contribution is 0.624. The molecule has 0 aliphatic heterocycles. The smallest absolute Gasteiger partial charge is 0.123 e. The van der Waals surface area contributed by atoms with Crippen molar-refractivity contribution in [1.82, 2.24) is 4.98 Å². The van der Waals surface area contributed by atoms with Gasteiger partial charge in [0, 0.05) is 24.4 Å². The third-order valence-electron chi connectivity index (χ3n) is 2.79. The third kappa shape index (κ3) is 3.11. The fourth-order valence-corrected chi connectivity index (χ4v) is 1.83. The van der Waals surface area contributed by atoms with Gasteiger partial charge in [-0.25, -0.2) is 4.39 Å². The number of nitrogens with zero attached hydrogens (tertiary/aromatic N) is 1. The van der Waals surface area contributed by atoms with Crippen LogP contribution in [0.4, 0.5) is 4.39 Å². The fourth-order valence-electron chi connectivity index (χ4n) is 1.83. The van der Waals surface area contributed by atoms with Crippen molar-refractivity contribution in [3.63, 3.8) is 0 Å². The topological polar surface area (TPSA) is 38.9 Å². The van der Waals surface area contributed by atoms with E-state index in [1.54, 1.807) is 18.3 Å². The Morgan fingerprint density at radius 2 is 1.88 bits per heavy atom. The van der Waals surface area contributed by atoms with Crippen molar-refractivity contribution >= 4 is 0 Å². The average Bonchev–Trinajstić information content (AvgIpc) is 2.39. The minimum absolute atomic E-state index is 0.182. The van der Waals surface area contributed by atoms with Gasteiger partial charge >= 0.3 is 0 Å². The predicted octanol–water partition coefficient (Wildman–Crippen LogP) is 2.51. The molecule has 88 valence electrons. The molecule has 0 spiro atoms. The van der Waals surface area contributed by atoms with Gasteiger partial charge in [-0.2, -0.15) is 0 Å². The summed E-state index contributed by atoms with van der Waals surface area (Å²) in [6.45, 7) is 0.536. The minimum atomic E-state index is -0.212. The van der Waals surface area contributed by atoms with Gasteiger partial charge in [0.2, 0.25) is 0 Å². The predicted molar refractivity (Wildman–Crippen MR) is 66.1 cm³/mol. The molecule has 3 heteroatoms. The zero-order chi connectivity index (χ0) is 12.1. The molecule has 2 nitrogen and oxygen atoms in total. The molecule has 2 aromatic rings. The summed E-state index contributed by atoms with van der Waals surface area (Å²) >= 11 is 0. The van der Waals surface area contributed by atoms with Crippen LogP contribution in [0.25, 0.3) is 0 Å². The van der Waals surface area contributed by atoms with Crippen LogP contribution in [-0.2, 0) is 6.42 Å². The minimum Gasteiger partial charge on any atom is -0.330 e. The van der Waals surface area contributed by atoms with Crippen molar-refractivity contribution < 1.29 is 4.39 Å². The third-order valence-corrected chi connectivity index (χ3v) is 2.79. The van der Waals surface area contributed by atoms with Crippen LogP contribution in [-0.4, -0.2) is 11.5 Å². The average molecular weight is 230 g/mol. The maximum Gasteiger partial charge on any atom is 0.123 e. The Kier molecular flexibility index (Phi) is 3.83. The second-order valence-corrected chi connectivity index (χ2v) is 4.02. The first-order valence-electron chi connectivity index (χ1n) is 5.65. The zero-order valence-corrected chi connectivity index (χ0v) is 9.51. The molecule has 2 N–H and O–H groups in total. The molecule has 0 bridgehead atoms. The van der Waals surface area contributed by atoms with Crippen LogP contribution in [0.1, 0.15) is 17.2 Å². The van der Waals surface area contributed by atoms with Crippen LogP contribution < -0.4 is 5.73 Å². The number of rotatable bonds is 4. The summed E-state index contributed by atoms with van der Waals surface area (Å²) in [4.78, 5) is 4.31. The summed E-state index contributed by atoms with van der Waals surface area (Å²) in [6.07, 6.45) is 2.55. The van der Waals surface area contributed by atoms with Crippen LogP contribution in [0.2, 0.25) is 0 Å². The lowest BCUT2D eigenvalue weighted by Crippen LogP contribution is -2.16. The van der Waals surface area contributed by atoms with Gasteiger partial charge in [0.25, 0.3) is 0 Å². The Bertz CT molecular complexity index is 453. The van der Waals surface area contributed by atoms with E-state index in [1.807, 2.05) is 18.2 Å². The van der Waals surface area contributed by atoms with Gasteiger partial charge in [0.1, 0.15) is 5.82 Å². The number of nitrogens with two attached hydrogens (primary N) is 1. The summed E-state index contributed by atoms with van der Waals surface area (Å²) in [5, 5.41) is 0. The molecule has 1 atom stereocenters. The van der Waals surface area contributed by atoms with E-state index in [-0.39, 0.29) is 11.7 Å². The van der Waals surface area contributed by atoms with Crippen molar-refractivity contribution in [2.24, 2.45) is 5.73 Å². The van der Waals surface area contributed by atoms with E-state index < -0.39 is 0 Å². The van der Waals surface area contributed by atoms with Crippen molar-refractivity contribution in [3.8, 4) is 0 Å². The first-order valence-corrected chi connectivity index (χ1v) is 5.65. The Labute approximate surface area is 100 Å². The number of pyridine rings is 1. The quantitative estimate of drug-likeness (QED) is 0.876. The molecule has 0 unspecified atom stereocenters. The zero-order valence-electron chi connectivity index (χ0n) is 9.51. The summed E-state index contributed by atoms with van der Waals surface area (Å²) in [7, 11) is 0. The van der Waals surface area contributed by atoms with Crippen LogP contribution >= 0.6 is 0 Å². The summed E-state index contributed by atoms with van der Waals surface area (Å²) in [6, 6.07) is 12.3. The van der Waals surface area contributed by atoms with E-state index in [0.29, 0.717) is 6.54 Å². The monoisotopic (exact) mass is 230 g/mol. The molecular weight excluding hydrogens is 215 g/mol. The maximum absolute atomic E-state index is 12.8. The number of aromatic nitrogens is 1. The molecule has 0 aliphatic carbocycles. The number of benzene rings is 1. The van der Waals surface area contributed by atoms with Crippen LogP contribution in [0.15, 0.2) is 48.7 Å². The van der Waals surface area contributed by atoms with E-state index in [2.05, 4.69) is 4.98 Å². The molecule has 1 heterocycles. The normalized spacial score (nSPS) is 12.4. The lowest BCUT2D eigenvalue weighted by atomic mass is 9.96. The van der Waals surface area contributed by atoms with E-state index in [4.69, 9.17) is 5.73 Å². The highest BCUT2D eigenvalue weighted by molar-refractivity contribution is 5.20. The lowest BCUT2D eigenvalue weighted by Gasteiger charge is -2.14. The van der Waals surface area contributed by atoms with E-state index in [1.165, 1.54) is 12.1 Å². The van der Waals surface area contributed by atoms with Crippen molar-refractivity contribution in [2.75, 3.05) is 6.54 Å². The molecule has 1 aromatic carbocycles. The van der Waals surface area contributed by atoms with Gasteiger partial charge in [-0.3, -0.25) is 4.98 Å². The number of hydrogen-bond acceptors (Lipinski definition) is 2. The number of hydrogen-bond donors (Lipinski definition) is 1. The second-order valence-electron chi connectivity index (χ2n) is 4.02. The maximum atomic E-state index is 12.8. The SMILES string of the molecule is NC[C@@H](Cc1ccc(F)cc1)c1ccccn1. The molecule has 0 fully saturated rings. The van der Waals surface area contributed by atoms with Crippen LogP contribution in [0.5, 0.6) is 0 Å². The van der Waals surface area contributed by atoms with Gasteiger partial charge in [-0.1, -0.05) is 18.2 Å². The van der Waals surface area contributed by atoms with E-state index in [9.17, 15) is 4.39 Å². The van der Waals surface area contributed by atoms with Crippen LogP contribution in [0.3, 0.4) is 0 Å². The summed E-state index contributed by atoms with van der Waals surface area (Å²) in [5.41, 5.74) is 7.83. The van der Waals surface area contributed by atoms with Crippen molar-refractivity contribution in [1.29, 1.82) is 0 Å². The molecular formula is C14H15FN2. The van der Waals surface area contributed by atoms with Gasteiger partial charge in [0.15, 0.2) is 0 Å². The molecule has 0 saturated heterocycles. The summed E-state index contributed by atoms with van der Waals surface area (Å²) < 4.78 is 12.8. The summed E-state index contributed by atoms with van der Waals surface area (Å²) in [5.74, 6) is -0.0301.